The van der Waals surface area contributed by atoms with E-state index in [-0.39, 0.29) is 12.0 Å². The van der Waals surface area contributed by atoms with Gasteiger partial charge in [0.25, 0.3) is 0 Å². The number of nitrogens with zero attached hydrogens (tertiary/aromatic N) is 2. The standard InChI is InChI=1S/C22H29N3O2/c26-22(23-15-20-8-4-14-27-20)17-25-12-10-24(11-13-25)16-19-7-3-6-18-5-1-2-9-21(18)19/h1-3,5-7,9,20H,4,8,10-17H2,(H,23,26)/t20-/m1/s1. The third-order valence-corrected chi connectivity index (χ3v) is 5.66. The van der Waals surface area contributed by atoms with Crippen molar-refractivity contribution in [3.63, 3.8) is 0 Å². The summed E-state index contributed by atoms with van der Waals surface area (Å²) in [5.74, 6) is 0.119. The minimum atomic E-state index is 0.119. The van der Waals surface area contributed by atoms with Crippen molar-refractivity contribution >= 4 is 16.7 Å². The third kappa shape index (κ3) is 4.86. The summed E-state index contributed by atoms with van der Waals surface area (Å²) in [5.41, 5.74) is 1.39. The van der Waals surface area contributed by atoms with Crippen LogP contribution >= 0.6 is 0 Å². The summed E-state index contributed by atoms with van der Waals surface area (Å²) in [6.45, 7) is 6.84. The molecule has 2 heterocycles. The lowest BCUT2D eigenvalue weighted by atomic mass is 10.0. The summed E-state index contributed by atoms with van der Waals surface area (Å²) < 4.78 is 5.56. The van der Waals surface area contributed by atoms with E-state index in [1.165, 1.54) is 16.3 Å². The maximum absolute atomic E-state index is 12.2. The highest BCUT2D eigenvalue weighted by atomic mass is 16.5. The van der Waals surface area contributed by atoms with Gasteiger partial charge in [0.15, 0.2) is 0 Å². The SMILES string of the molecule is O=C(CN1CCN(Cc2cccc3ccccc23)CC1)NC[C@H]1CCCO1. The molecule has 0 radical (unpaired) electrons. The Labute approximate surface area is 161 Å². The molecule has 0 aromatic heterocycles. The molecule has 0 aliphatic carbocycles. The van der Waals surface area contributed by atoms with Crippen LogP contribution in [0.4, 0.5) is 0 Å². The number of fused-ring (bicyclic) bond motifs is 1. The minimum Gasteiger partial charge on any atom is -0.376 e. The first kappa shape index (κ1) is 18.4. The van der Waals surface area contributed by atoms with Crippen LogP contribution in [0.5, 0.6) is 0 Å². The topological polar surface area (TPSA) is 44.8 Å². The molecule has 2 saturated heterocycles. The van der Waals surface area contributed by atoms with Crippen LogP contribution in [0.15, 0.2) is 42.5 Å². The van der Waals surface area contributed by atoms with Gasteiger partial charge in [-0.1, -0.05) is 42.5 Å². The van der Waals surface area contributed by atoms with E-state index in [9.17, 15) is 4.79 Å². The highest BCUT2D eigenvalue weighted by Gasteiger charge is 2.21. The van der Waals surface area contributed by atoms with Crippen LogP contribution in [-0.4, -0.2) is 67.7 Å². The van der Waals surface area contributed by atoms with Crippen molar-refractivity contribution in [2.75, 3.05) is 45.9 Å². The van der Waals surface area contributed by atoms with E-state index in [2.05, 4.69) is 57.6 Å². The van der Waals surface area contributed by atoms with E-state index in [1.807, 2.05) is 0 Å². The van der Waals surface area contributed by atoms with Gasteiger partial charge in [0.05, 0.1) is 12.6 Å². The van der Waals surface area contributed by atoms with Crippen LogP contribution in [0, 0.1) is 0 Å². The van der Waals surface area contributed by atoms with Crippen LogP contribution in [0.25, 0.3) is 10.8 Å². The molecule has 0 unspecified atom stereocenters. The molecule has 1 atom stereocenters. The molecule has 2 aromatic rings. The van der Waals surface area contributed by atoms with Crippen LogP contribution in [0.2, 0.25) is 0 Å². The second-order valence-corrected chi connectivity index (χ2v) is 7.63. The molecule has 2 aliphatic rings. The first-order valence-corrected chi connectivity index (χ1v) is 10.1. The molecule has 27 heavy (non-hydrogen) atoms. The van der Waals surface area contributed by atoms with Gasteiger partial charge in [0, 0.05) is 45.9 Å². The molecule has 1 N–H and O–H groups in total. The number of carbonyl (C=O) groups is 1. The number of benzene rings is 2. The predicted octanol–water partition coefficient (Wildman–Crippen LogP) is 2.25. The van der Waals surface area contributed by atoms with Gasteiger partial charge in [-0.3, -0.25) is 14.6 Å². The van der Waals surface area contributed by atoms with Gasteiger partial charge in [-0.2, -0.15) is 0 Å². The van der Waals surface area contributed by atoms with E-state index < -0.39 is 0 Å². The average Bonchev–Trinajstić information content (AvgIpc) is 3.22. The van der Waals surface area contributed by atoms with Gasteiger partial charge >= 0.3 is 0 Å². The number of hydrogen-bond acceptors (Lipinski definition) is 4. The summed E-state index contributed by atoms with van der Waals surface area (Å²) >= 11 is 0. The Bertz CT molecular complexity index is 760. The Morgan fingerprint density at radius 2 is 1.81 bits per heavy atom. The summed E-state index contributed by atoms with van der Waals surface area (Å²) in [6, 6.07) is 15.1. The maximum Gasteiger partial charge on any atom is 0.234 e. The number of amides is 1. The molecule has 5 heteroatoms. The Kier molecular flexibility index (Phi) is 6.02. The Morgan fingerprint density at radius 1 is 1.04 bits per heavy atom. The minimum absolute atomic E-state index is 0.119. The lowest BCUT2D eigenvalue weighted by Gasteiger charge is -2.34. The van der Waals surface area contributed by atoms with Gasteiger partial charge in [-0.25, -0.2) is 0 Å². The van der Waals surface area contributed by atoms with E-state index in [4.69, 9.17) is 4.74 Å². The smallest absolute Gasteiger partial charge is 0.234 e. The lowest BCUT2D eigenvalue weighted by Crippen LogP contribution is -2.49. The summed E-state index contributed by atoms with van der Waals surface area (Å²) in [6.07, 6.45) is 2.39. The Hall–Kier alpha value is -1.95. The van der Waals surface area contributed by atoms with Gasteiger partial charge in [-0.05, 0) is 29.2 Å². The Balaban J connectivity index is 1.23. The predicted molar refractivity (Wildman–Crippen MR) is 108 cm³/mol. The molecule has 0 spiro atoms. The van der Waals surface area contributed by atoms with E-state index in [1.54, 1.807) is 0 Å². The fourth-order valence-electron chi connectivity index (χ4n) is 4.07. The fraction of sp³-hybridized carbons (Fsp3) is 0.500. The first-order valence-electron chi connectivity index (χ1n) is 10.1. The molecule has 0 bridgehead atoms. The molecule has 1 amide bonds. The summed E-state index contributed by atoms with van der Waals surface area (Å²) in [4.78, 5) is 16.9. The van der Waals surface area contributed by atoms with Gasteiger partial charge in [-0.15, -0.1) is 0 Å². The molecular weight excluding hydrogens is 338 g/mol. The molecule has 2 aliphatic heterocycles. The van der Waals surface area contributed by atoms with Crippen molar-refractivity contribution in [3.05, 3.63) is 48.0 Å². The van der Waals surface area contributed by atoms with Gasteiger partial charge in [0.2, 0.25) is 5.91 Å². The lowest BCUT2D eigenvalue weighted by molar-refractivity contribution is -0.123. The van der Waals surface area contributed by atoms with Crippen molar-refractivity contribution in [1.82, 2.24) is 15.1 Å². The first-order chi connectivity index (χ1) is 13.3. The van der Waals surface area contributed by atoms with E-state index in [0.29, 0.717) is 13.1 Å². The van der Waals surface area contributed by atoms with Crippen LogP contribution < -0.4 is 5.32 Å². The van der Waals surface area contributed by atoms with Gasteiger partial charge < -0.3 is 10.1 Å². The maximum atomic E-state index is 12.2. The number of ether oxygens (including phenoxy) is 1. The quantitative estimate of drug-likeness (QED) is 0.851. The average molecular weight is 367 g/mol. The number of nitrogens with one attached hydrogen (secondary N) is 1. The molecule has 2 aromatic carbocycles. The zero-order chi connectivity index (χ0) is 18.5. The number of rotatable bonds is 6. The molecule has 0 saturated carbocycles. The van der Waals surface area contributed by atoms with E-state index >= 15 is 0 Å². The Morgan fingerprint density at radius 3 is 2.63 bits per heavy atom. The second kappa shape index (κ2) is 8.83. The monoisotopic (exact) mass is 367 g/mol. The highest BCUT2D eigenvalue weighted by molar-refractivity contribution is 5.85. The molecular formula is C22H29N3O2. The van der Waals surface area contributed by atoms with Crippen molar-refractivity contribution in [2.24, 2.45) is 0 Å². The van der Waals surface area contributed by atoms with Crippen LogP contribution in [-0.2, 0) is 16.1 Å². The van der Waals surface area contributed by atoms with Crippen molar-refractivity contribution < 1.29 is 9.53 Å². The summed E-state index contributed by atoms with van der Waals surface area (Å²) in [5, 5.41) is 5.67. The van der Waals surface area contributed by atoms with Crippen molar-refractivity contribution in [2.45, 2.75) is 25.5 Å². The zero-order valence-corrected chi connectivity index (χ0v) is 15.9. The number of piperazine rings is 1. The number of hydrogen-bond donors (Lipinski definition) is 1. The van der Waals surface area contributed by atoms with Crippen LogP contribution in [0.1, 0.15) is 18.4 Å². The highest BCUT2D eigenvalue weighted by Crippen LogP contribution is 2.20. The zero-order valence-electron chi connectivity index (χ0n) is 15.9. The molecule has 4 rings (SSSR count). The van der Waals surface area contributed by atoms with Crippen molar-refractivity contribution in [1.29, 1.82) is 0 Å². The summed E-state index contributed by atoms with van der Waals surface area (Å²) in [7, 11) is 0. The van der Waals surface area contributed by atoms with Crippen LogP contribution in [0.3, 0.4) is 0 Å². The molecule has 2 fully saturated rings. The van der Waals surface area contributed by atoms with E-state index in [0.717, 1.165) is 52.2 Å². The largest absolute Gasteiger partial charge is 0.376 e. The van der Waals surface area contributed by atoms with Crippen molar-refractivity contribution in [3.8, 4) is 0 Å². The molecule has 144 valence electrons. The van der Waals surface area contributed by atoms with Gasteiger partial charge in [0.1, 0.15) is 0 Å². The third-order valence-electron chi connectivity index (χ3n) is 5.66. The second-order valence-electron chi connectivity index (χ2n) is 7.63. The fourth-order valence-corrected chi connectivity index (χ4v) is 4.07. The molecule has 5 nitrogen and oxygen atoms in total. The number of carbonyl (C=O) groups excluding carboxylic acids is 1. The normalized spacial score (nSPS) is 21.6.